The standard InChI is InChI=1S/C17H21F2O.Re/c18-15-11-8-13-7-10-14(20-17(13)16(15)19)9-6-12-4-2-1-3-5-12;/h1,8,11-12,14H,2-7,9-10H2;/q-1;. The molecule has 3 rings (SSSR count). The van der Waals surface area contributed by atoms with Crippen molar-refractivity contribution >= 4 is 0 Å². The molecule has 1 radical (unpaired) electrons. The van der Waals surface area contributed by atoms with Crippen LogP contribution in [0.15, 0.2) is 12.1 Å². The molecule has 2 aliphatic rings. The van der Waals surface area contributed by atoms with E-state index < -0.39 is 11.6 Å². The van der Waals surface area contributed by atoms with Crippen molar-refractivity contribution in [1.82, 2.24) is 0 Å². The molecule has 0 amide bonds. The predicted molar refractivity (Wildman–Crippen MR) is 74.6 cm³/mol. The van der Waals surface area contributed by atoms with Crippen LogP contribution in [0, 0.1) is 24.0 Å². The summed E-state index contributed by atoms with van der Waals surface area (Å²) in [6, 6.07) is 2.83. The summed E-state index contributed by atoms with van der Waals surface area (Å²) >= 11 is 0. The Morgan fingerprint density at radius 2 is 1.86 bits per heavy atom. The van der Waals surface area contributed by atoms with Gasteiger partial charge >= 0.3 is 0 Å². The van der Waals surface area contributed by atoms with Crippen LogP contribution in [0.3, 0.4) is 0 Å². The second kappa shape index (κ2) is 7.70. The van der Waals surface area contributed by atoms with Gasteiger partial charge in [0.15, 0.2) is 11.6 Å². The van der Waals surface area contributed by atoms with Crippen molar-refractivity contribution in [1.29, 1.82) is 0 Å². The van der Waals surface area contributed by atoms with E-state index in [1.807, 2.05) is 0 Å². The largest absolute Gasteiger partial charge is 0.487 e. The Morgan fingerprint density at radius 3 is 2.62 bits per heavy atom. The van der Waals surface area contributed by atoms with Gasteiger partial charge in [-0.15, -0.1) is 0 Å². The molecule has 0 saturated heterocycles. The van der Waals surface area contributed by atoms with Gasteiger partial charge in [0.25, 0.3) is 0 Å². The molecule has 1 aromatic rings. The minimum Gasteiger partial charge on any atom is -0.487 e. The fourth-order valence-corrected chi connectivity index (χ4v) is 3.35. The third-order valence-corrected chi connectivity index (χ3v) is 4.61. The molecular weight excluding hydrogens is 444 g/mol. The molecule has 117 valence electrons. The monoisotopic (exact) mass is 466 g/mol. The average Bonchev–Trinajstić information content (AvgIpc) is 2.50. The Hall–Kier alpha value is -0.458. The van der Waals surface area contributed by atoms with Crippen molar-refractivity contribution in [2.45, 2.75) is 57.5 Å². The smallest absolute Gasteiger partial charge is 0.200 e. The van der Waals surface area contributed by atoms with E-state index in [2.05, 4.69) is 6.42 Å². The van der Waals surface area contributed by atoms with E-state index in [-0.39, 0.29) is 32.3 Å². The fraction of sp³-hybridized carbons (Fsp3) is 0.588. The van der Waals surface area contributed by atoms with Gasteiger partial charge in [-0.25, -0.2) is 4.39 Å². The number of halogens is 2. The first-order chi connectivity index (χ1) is 9.74. The topological polar surface area (TPSA) is 9.23 Å². The van der Waals surface area contributed by atoms with Crippen molar-refractivity contribution in [3.05, 3.63) is 35.8 Å². The van der Waals surface area contributed by atoms with E-state index in [1.54, 1.807) is 6.07 Å². The van der Waals surface area contributed by atoms with E-state index >= 15 is 0 Å². The minimum absolute atomic E-state index is 0. The summed E-state index contributed by atoms with van der Waals surface area (Å²) in [7, 11) is 0. The van der Waals surface area contributed by atoms with Gasteiger partial charge in [0.2, 0.25) is 5.82 Å². The number of rotatable bonds is 3. The number of hydrogen-bond acceptors (Lipinski definition) is 1. The zero-order valence-corrected chi connectivity index (χ0v) is 14.8. The van der Waals surface area contributed by atoms with E-state index in [0.717, 1.165) is 37.2 Å². The number of benzene rings is 1. The van der Waals surface area contributed by atoms with Crippen LogP contribution in [0.2, 0.25) is 0 Å². The van der Waals surface area contributed by atoms with E-state index in [9.17, 15) is 8.78 Å². The molecule has 1 aromatic carbocycles. The van der Waals surface area contributed by atoms with E-state index in [1.165, 1.54) is 31.7 Å². The fourth-order valence-electron chi connectivity index (χ4n) is 3.35. The quantitative estimate of drug-likeness (QED) is 0.581. The molecule has 4 heteroatoms. The molecular formula is C17H21F2ORe-. The van der Waals surface area contributed by atoms with Gasteiger partial charge in [0.05, 0.1) is 6.10 Å². The second-order valence-corrected chi connectivity index (χ2v) is 6.01. The van der Waals surface area contributed by atoms with Gasteiger partial charge in [-0.2, -0.15) is 17.2 Å². The summed E-state index contributed by atoms with van der Waals surface area (Å²) in [4.78, 5) is 0. The molecule has 0 bridgehead atoms. The summed E-state index contributed by atoms with van der Waals surface area (Å²) in [6.07, 6.45) is 11.2. The summed E-state index contributed by atoms with van der Waals surface area (Å²) in [5.74, 6) is -0.702. The summed E-state index contributed by atoms with van der Waals surface area (Å²) < 4.78 is 32.7. The maximum absolute atomic E-state index is 13.7. The molecule has 1 atom stereocenters. The van der Waals surface area contributed by atoms with Gasteiger partial charge in [-0.3, -0.25) is 0 Å². The Kier molecular flexibility index (Phi) is 6.20. The second-order valence-electron chi connectivity index (χ2n) is 6.01. The molecule has 1 nitrogen and oxygen atoms in total. The predicted octanol–water partition coefficient (Wildman–Crippen LogP) is 4.83. The summed E-state index contributed by atoms with van der Waals surface area (Å²) in [5, 5.41) is 0. The van der Waals surface area contributed by atoms with Crippen LogP contribution in [0.4, 0.5) is 8.78 Å². The molecule has 0 N–H and O–H groups in total. The molecule has 1 aliphatic heterocycles. The Bertz CT molecular complexity index is 472. The molecule has 1 heterocycles. The van der Waals surface area contributed by atoms with Gasteiger partial charge in [0, 0.05) is 20.4 Å². The summed E-state index contributed by atoms with van der Waals surface area (Å²) in [5.41, 5.74) is 0.799. The van der Waals surface area contributed by atoms with Gasteiger partial charge in [-0.1, -0.05) is 18.9 Å². The molecule has 1 saturated carbocycles. The Balaban J connectivity index is 0.00000161. The molecule has 1 unspecified atom stereocenters. The van der Waals surface area contributed by atoms with Crippen LogP contribution in [-0.4, -0.2) is 6.10 Å². The molecule has 21 heavy (non-hydrogen) atoms. The number of ether oxygens (including phenoxy) is 1. The third kappa shape index (κ3) is 4.05. The molecule has 1 fully saturated rings. The Morgan fingerprint density at radius 1 is 1.10 bits per heavy atom. The molecule has 0 aromatic heterocycles. The van der Waals surface area contributed by atoms with Crippen molar-refractivity contribution in [2.75, 3.05) is 0 Å². The number of hydrogen-bond donors (Lipinski definition) is 0. The van der Waals surface area contributed by atoms with Gasteiger partial charge < -0.3 is 11.2 Å². The third-order valence-electron chi connectivity index (χ3n) is 4.61. The van der Waals surface area contributed by atoms with Crippen LogP contribution < -0.4 is 4.74 Å². The first-order valence-electron chi connectivity index (χ1n) is 7.69. The maximum Gasteiger partial charge on any atom is 0.200 e. The van der Waals surface area contributed by atoms with Crippen LogP contribution in [-0.2, 0) is 26.8 Å². The number of aryl methyl sites for hydroxylation is 1. The van der Waals surface area contributed by atoms with Crippen molar-refractivity contribution < 1.29 is 33.9 Å². The normalized spacial score (nSPS) is 22.1. The summed E-state index contributed by atoms with van der Waals surface area (Å²) in [6.45, 7) is 0. The van der Waals surface area contributed by atoms with Gasteiger partial charge in [0.1, 0.15) is 0 Å². The SMILES string of the molecule is Fc1ccc2c(c1F)OC(CCC1CC[CH-]CC1)CC2.[Re]. The van der Waals surface area contributed by atoms with Crippen molar-refractivity contribution in [3.8, 4) is 5.75 Å². The van der Waals surface area contributed by atoms with Crippen LogP contribution >= 0.6 is 0 Å². The van der Waals surface area contributed by atoms with Crippen molar-refractivity contribution in [3.63, 3.8) is 0 Å². The van der Waals surface area contributed by atoms with E-state index in [0.29, 0.717) is 0 Å². The van der Waals surface area contributed by atoms with Crippen LogP contribution in [0.5, 0.6) is 5.75 Å². The van der Waals surface area contributed by atoms with Crippen LogP contribution in [0.25, 0.3) is 0 Å². The molecule has 1 aliphatic carbocycles. The number of fused-ring (bicyclic) bond motifs is 1. The average molecular weight is 466 g/mol. The zero-order chi connectivity index (χ0) is 13.9. The maximum atomic E-state index is 13.7. The van der Waals surface area contributed by atoms with Crippen molar-refractivity contribution in [2.24, 2.45) is 5.92 Å². The first-order valence-corrected chi connectivity index (χ1v) is 7.69. The van der Waals surface area contributed by atoms with E-state index in [4.69, 9.17) is 4.74 Å². The molecule has 0 spiro atoms. The van der Waals surface area contributed by atoms with Gasteiger partial charge in [-0.05, 0) is 43.2 Å². The van der Waals surface area contributed by atoms with Crippen LogP contribution in [0.1, 0.15) is 50.5 Å². The Labute approximate surface area is 139 Å². The minimum atomic E-state index is -0.820. The zero-order valence-electron chi connectivity index (χ0n) is 12.1. The first kappa shape index (κ1) is 16.9.